The van der Waals surface area contributed by atoms with Crippen LogP contribution in [0.3, 0.4) is 0 Å². The van der Waals surface area contributed by atoms with Crippen molar-refractivity contribution in [3.63, 3.8) is 0 Å². The third-order valence-corrected chi connectivity index (χ3v) is 5.26. The number of nitrogens with one attached hydrogen (secondary N) is 2. The molecule has 3 rings (SSSR count). The quantitative estimate of drug-likeness (QED) is 0.484. The lowest BCUT2D eigenvalue weighted by molar-refractivity contribution is -0.143. The number of hydrogen-bond donors (Lipinski definition) is 3. The van der Waals surface area contributed by atoms with Gasteiger partial charge in [0.2, 0.25) is 0 Å². The molecule has 3 N–H and O–H groups in total. The zero-order valence-corrected chi connectivity index (χ0v) is 17.8. The van der Waals surface area contributed by atoms with Crippen LogP contribution in [0.1, 0.15) is 24.9 Å². The Morgan fingerprint density at radius 1 is 1.32 bits per heavy atom. The number of rotatable bonds is 7. The molecule has 3 aromatic rings. The molecule has 31 heavy (non-hydrogen) atoms. The summed E-state index contributed by atoms with van der Waals surface area (Å²) in [4.78, 5) is 41.2. The van der Waals surface area contributed by atoms with E-state index in [-0.39, 0.29) is 24.5 Å². The highest BCUT2D eigenvalue weighted by Gasteiger charge is 2.21. The van der Waals surface area contributed by atoms with Crippen LogP contribution >= 0.6 is 11.3 Å². The van der Waals surface area contributed by atoms with Gasteiger partial charge in [0.1, 0.15) is 10.8 Å². The SMILES string of the molecule is CCOC(=O)CC(NC(=O)Nc1c(O)ccn(C)c1=O)c1cccc(-c2nccs2)c1. The van der Waals surface area contributed by atoms with Gasteiger partial charge in [0.25, 0.3) is 5.56 Å². The molecule has 2 amide bonds. The molecular weight excluding hydrogens is 420 g/mol. The summed E-state index contributed by atoms with van der Waals surface area (Å²) in [5, 5.41) is 17.7. The fourth-order valence-electron chi connectivity index (χ4n) is 2.94. The van der Waals surface area contributed by atoms with Crippen molar-refractivity contribution < 1.29 is 19.4 Å². The van der Waals surface area contributed by atoms with E-state index < -0.39 is 23.6 Å². The van der Waals surface area contributed by atoms with Crippen LogP contribution in [0.2, 0.25) is 0 Å². The first-order chi connectivity index (χ1) is 14.9. The Morgan fingerprint density at radius 2 is 2.13 bits per heavy atom. The van der Waals surface area contributed by atoms with Gasteiger partial charge in [-0.3, -0.25) is 9.59 Å². The smallest absolute Gasteiger partial charge is 0.319 e. The number of amides is 2. The average Bonchev–Trinajstić information content (AvgIpc) is 3.29. The van der Waals surface area contributed by atoms with Crippen LogP contribution in [0.25, 0.3) is 10.6 Å². The van der Waals surface area contributed by atoms with E-state index in [1.165, 1.54) is 35.2 Å². The molecular formula is C21H22N4O5S. The Balaban J connectivity index is 1.85. The van der Waals surface area contributed by atoms with Crippen LogP contribution in [-0.4, -0.2) is 33.3 Å². The van der Waals surface area contributed by atoms with Gasteiger partial charge in [-0.1, -0.05) is 18.2 Å². The van der Waals surface area contributed by atoms with E-state index in [9.17, 15) is 19.5 Å². The molecule has 0 aliphatic rings. The Bertz CT molecular complexity index is 1130. The molecule has 0 radical (unpaired) electrons. The number of benzene rings is 1. The number of aromatic hydroxyl groups is 1. The van der Waals surface area contributed by atoms with Crippen molar-refractivity contribution in [1.29, 1.82) is 0 Å². The molecule has 0 saturated heterocycles. The molecule has 1 unspecified atom stereocenters. The van der Waals surface area contributed by atoms with Crippen molar-refractivity contribution in [2.24, 2.45) is 7.05 Å². The number of aromatic nitrogens is 2. The second kappa shape index (κ2) is 9.90. The normalized spacial score (nSPS) is 11.5. The number of urea groups is 1. The van der Waals surface area contributed by atoms with Crippen LogP contribution in [0.4, 0.5) is 10.5 Å². The number of anilines is 1. The van der Waals surface area contributed by atoms with Crippen LogP contribution in [0, 0.1) is 0 Å². The molecule has 10 heteroatoms. The van der Waals surface area contributed by atoms with Crippen molar-refractivity contribution >= 4 is 29.0 Å². The van der Waals surface area contributed by atoms with Gasteiger partial charge >= 0.3 is 12.0 Å². The molecule has 2 aromatic heterocycles. The van der Waals surface area contributed by atoms with Crippen LogP contribution in [0.15, 0.2) is 52.9 Å². The van der Waals surface area contributed by atoms with Gasteiger partial charge in [0, 0.05) is 30.4 Å². The number of thiazole rings is 1. The number of ether oxygens (including phenoxy) is 1. The highest BCUT2D eigenvalue weighted by atomic mass is 32.1. The summed E-state index contributed by atoms with van der Waals surface area (Å²) in [6.07, 6.45) is 2.97. The second-order valence-electron chi connectivity index (χ2n) is 6.61. The van der Waals surface area contributed by atoms with E-state index in [0.717, 1.165) is 10.6 Å². The lowest BCUT2D eigenvalue weighted by atomic mass is 10.0. The molecule has 2 heterocycles. The summed E-state index contributed by atoms with van der Waals surface area (Å²) in [5.74, 6) is -0.836. The highest BCUT2D eigenvalue weighted by Crippen LogP contribution is 2.27. The van der Waals surface area contributed by atoms with Crippen LogP contribution in [0.5, 0.6) is 5.75 Å². The highest BCUT2D eigenvalue weighted by molar-refractivity contribution is 7.13. The van der Waals surface area contributed by atoms with Gasteiger partial charge in [-0.2, -0.15) is 0 Å². The summed E-state index contributed by atoms with van der Waals surface area (Å²) >= 11 is 1.47. The van der Waals surface area contributed by atoms with Gasteiger partial charge in [-0.15, -0.1) is 11.3 Å². The zero-order valence-electron chi connectivity index (χ0n) is 17.0. The number of carbonyl (C=O) groups is 2. The van der Waals surface area contributed by atoms with E-state index >= 15 is 0 Å². The first kappa shape index (κ1) is 22.0. The van der Waals surface area contributed by atoms with E-state index in [1.807, 2.05) is 23.6 Å². The molecule has 0 bridgehead atoms. The number of hydrogen-bond acceptors (Lipinski definition) is 7. The molecule has 9 nitrogen and oxygen atoms in total. The van der Waals surface area contributed by atoms with Gasteiger partial charge in [0.15, 0.2) is 5.69 Å². The van der Waals surface area contributed by atoms with E-state index in [4.69, 9.17) is 4.74 Å². The van der Waals surface area contributed by atoms with Crippen molar-refractivity contribution in [3.8, 4) is 16.3 Å². The van der Waals surface area contributed by atoms with Gasteiger partial charge < -0.3 is 25.0 Å². The second-order valence-corrected chi connectivity index (χ2v) is 7.51. The van der Waals surface area contributed by atoms with Crippen molar-refractivity contribution in [1.82, 2.24) is 14.9 Å². The summed E-state index contributed by atoms with van der Waals surface area (Å²) in [6, 6.07) is 7.13. The maximum Gasteiger partial charge on any atom is 0.319 e. The summed E-state index contributed by atoms with van der Waals surface area (Å²) in [6.45, 7) is 1.91. The van der Waals surface area contributed by atoms with Crippen LogP contribution in [-0.2, 0) is 16.6 Å². The minimum atomic E-state index is -0.743. The lowest BCUT2D eigenvalue weighted by Gasteiger charge is -2.19. The van der Waals surface area contributed by atoms with Crippen molar-refractivity contribution in [3.05, 3.63) is 64.0 Å². The Kier molecular flexibility index (Phi) is 7.03. The summed E-state index contributed by atoms with van der Waals surface area (Å²) in [5.41, 5.74) is 0.691. The number of aryl methyl sites for hydroxylation is 1. The third-order valence-electron chi connectivity index (χ3n) is 4.43. The molecule has 0 aliphatic carbocycles. The Labute approximate surface area is 182 Å². The third kappa shape index (κ3) is 5.48. The predicted molar refractivity (Wildman–Crippen MR) is 117 cm³/mol. The molecule has 1 atom stereocenters. The van der Waals surface area contributed by atoms with Gasteiger partial charge in [-0.25, -0.2) is 9.78 Å². The van der Waals surface area contributed by atoms with E-state index in [2.05, 4.69) is 15.6 Å². The molecule has 0 saturated carbocycles. The zero-order chi connectivity index (χ0) is 22.4. The van der Waals surface area contributed by atoms with Crippen molar-refractivity contribution in [2.45, 2.75) is 19.4 Å². The Hall–Kier alpha value is -3.66. The minimum absolute atomic E-state index is 0.110. The minimum Gasteiger partial charge on any atom is -0.505 e. The van der Waals surface area contributed by atoms with E-state index in [0.29, 0.717) is 5.56 Å². The maximum absolute atomic E-state index is 12.6. The Morgan fingerprint density at radius 3 is 2.84 bits per heavy atom. The van der Waals surface area contributed by atoms with Crippen LogP contribution < -0.4 is 16.2 Å². The predicted octanol–water partition coefficient (Wildman–Crippen LogP) is 3.03. The number of carbonyl (C=O) groups excluding carboxylic acids is 2. The maximum atomic E-state index is 12.6. The molecule has 0 spiro atoms. The van der Waals surface area contributed by atoms with Gasteiger partial charge in [0.05, 0.1) is 19.1 Å². The monoisotopic (exact) mass is 442 g/mol. The van der Waals surface area contributed by atoms with E-state index in [1.54, 1.807) is 19.2 Å². The topological polar surface area (TPSA) is 123 Å². The first-order valence-electron chi connectivity index (χ1n) is 9.50. The fraction of sp³-hybridized carbons (Fsp3) is 0.238. The molecule has 0 aliphatic heterocycles. The summed E-state index contributed by atoms with van der Waals surface area (Å²) in [7, 11) is 1.50. The number of esters is 1. The molecule has 0 fully saturated rings. The largest absolute Gasteiger partial charge is 0.505 e. The lowest BCUT2D eigenvalue weighted by Crippen LogP contribution is -2.36. The standard InChI is InChI=1S/C21H22N4O5S/c1-3-30-17(27)12-15(13-5-4-6-14(11-13)19-22-8-10-31-19)23-21(29)24-18-16(26)7-9-25(2)20(18)28/h4-11,15,26H,3,12H2,1-2H3,(H2,23,24,29). The molecule has 162 valence electrons. The summed E-state index contributed by atoms with van der Waals surface area (Å²) < 4.78 is 6.26. The number of nitrogens with zero attached hydrogens (tertiary/aromatic N) is 2. The number of pyridine rings is 1. The fourth-order valence-corrected chi connectivity index (χ4v) is 3.57. The average molecular weight is 442 g/mol. The first-order valence-corrected chi connectivity index (χ1v) is 10.4. The molecule has 1 aromatic carbocycles. The van der Waals surface area contributed by atoms with Gasteiger partial charge in [-0.05, 0) is 24.6 Å². The van der Waals surface area contributed by atoms with Crippen molar-refractivity contribution in [2.75, 3.05) is 11.9 Å².